The molecule has 0 aromatic heterocycles. The number of methoxy groups -OCH3 is 1. The molecule has 0 aliphatic heterocycles. The highest BCUT2D eigenvalue weighted by Crippen LogP contribution is 2.41. The number of hydrogen-bond donors (Lipinski definition) is 2. The summed E-state index contributed by atoms with van der Waals surface area (Å²) in [6.45, 7) is 2.64. The van der Waals surface area contributed by atoms with Gasteiger partial charge in [0.25, 0.3) is 0 Å². The van der Waals surface area contributed by atoms with E-state index in [1.54, 1.807) is 7.11 Å². The van der Waals surface area contributed by atoms with Crippen LogP contribution in [-0.2, 0) is 10.2 Å². The van der Waals surface area contributed by atoms with Crippen LogP contribution in [0.3, 0.4) is 0 Å². The fourth-order valence-corrected chi connectivity index (χ4v) is 3.29. The Kier molecular flexibility index (Phi) is 7.86. The maximum Gasteiger partial charge on any atom is 0.220 e. The van der Waals surface area contributed by atoms with Crippen LogP contribution in [0.1, 0.15) is 51.0 Å². The molecule has 1 fully saturated rings. The molecule has 3 N–H and O–H groups in total. The predicted molar refractivity (Wildman–Crippen MR) is 96.3 cm³/mol. The number of carbonyl (C=O) groups is 1. The van der Waals surface area contributed by atoms with E-state index in [1.807, 2.05) is 19.1 Å². The molecular formula is C18H29ClN2O2. The molecule has 0 heterocycles. The van der Waals surface area contributed by atoms with E-state index in [1.165, 1.54) is 18.4 Å². The second-order valence-corrected chi connectivity index (χ2v) is 6.51. The zero-order valence-electron chi connectivity index (χ0n) is 14.1. The summed E-state index contributed by atoms with van der Waals surface area (Å²) in [7, 11) is 1.69. The number of halogens is 1. The normalized spacial score (nSPS) is 17.2. The molecular weight excluding hydrogens is 312 g/mol. The van der Waals surface area contributed by atoms with Gasteiger partial charge >= 0.3 is 0 Å². The summed E-state index contributed by atoms with van der Waals surface area (Å²) in [5.74, 6) is 0.985. The molecule has 1 aromatic carbocycles. The first-order valence-corrected chi connectivity index (χ1v) is 8.22. The Bertz CT molecular complexity index is 500. The average Bonchev–Trinajstić information content (AvgIpc) is 3.01. The molecule has 5 heteroatoms. The fourth-order valence-electron chi connectivity index (χ4n) is 3.29. The molecule has 0 spiro atoms. The highest BCUT2D eigenvalue weighted by atomic mass is 35.5. The number of hydrogen-bond acceptors (Lipinski definition) is 3. The maximum atomic E-state index is 12.0. The van der Waals surface area contributed by atoms with E-state index in [2.05, 4.69) is 17.4 Å². The number of nitrogens with two attached hydrogens (primary N) is 1. The van der Waals surface area contributed by atoms with Crippen LogP contribution in [0.4, 0.5) is 0 Å². The van der Waals surface area contributed by atoms with Crippen LogP contribution in [-0.4, -0.2) is 25.6 Å². The monoisotopic (exact) mass is 340 g/mol. The molecule has 1 amide bonds. The third kappa shape index (κ3) is 5.40. The van der Waals surface area contributed by atoms with Crippen LogP contribution in [0.5, 0.6) is 5.75 Å². The van der Waals surface area contributed by atoms with Crippen molar-refractivity contribution in [2.75, 3.05) is 13.7 Å². The third-order valence-corrected chi connectivity index (χ3v) is 4.69. The van der Waals surface area contributed by atoms with Gasteiger partial charge in [0.15, 0.2) is 0 Å². The summed E-state index contributed by atoms with van der Waals surface area (Å²) in [5.41, 5.74) is 7.04. The fraction of sp³-hybridized carbons (Fsp3) is 0.611. The number of amides is 1. The number of carbonyl (C=O) groups excluding carboxylic acids is 1. The van der Waals surface area contributed by atoms with Gasteiger partial charge in [-0.3, -0.25) is 4.79 Å². The van der Waals surface area contributed by atoms with Crippen LogP contribution in [0, 0.1) is 0 Å². The van der Waals surface area contributed by atoms with Gasteiger partial charge in [0.1, 0.15) is 5.75 Å². The molecule has 2 rings (SSSR count). The van der Waals surface area contributed by atoms with E-state index in [-0.39, 0.29) is 29.8 Å². The lowest BCUT2D eigenvalue weighted by Crippen LogP contribution is -2.39. The summed E-state index contributed by atoms with van der Waals surface area (Å²) in [6, 6.07) is 8.34. The van der Waals surface area contributed by atoms with E-state index in [4.69, 9.17) is 10.5 Å². The molecule has 1 atom stereocenters. The predicted octanol–water partition coefficient (Wildman–Crippen LogP) is 3.17. The van der Waals surface area contributed by atoms with Gasteiger partial charge < -0.3 is 15.8 Å². The summed E-state index contributed by atoms with van der Waals surface area (Å²) in [5, 5.41) is 3.12. The van der Waals surface area contributed by atoms with E-state index in [9.17, 15) is 4.79 Å². The highest BCUT2D eigenvalue weighted by molar-refractivity contribution is 5.85. The molecule has 1 aliphatic rings. The van der Waals surface area contributed by atoms with E-state index in [0.717, 1.165) is 25.0 Å². The Balaban J connectivity index is 0.00000264. The van der Waals surface area contributed by atoms with E-state index >= 15 is 0 Å². The van der Waals surface area contributed by atoms with Crippen molar-refractivity contribution in [2.24, 2.45) is 5.73 Å². The SMILES string of the molecule is COc1cccc(C2(CNC(=O)CCC(C)N)CCCC2)c1.Cl. The van der Waals surface area contributed by atoms with Crippen LogP contribution in [0.15, 0.2) is 24.3 Å². The van der Waals surface area contributed by atoms with Gasteiger partial charge in [-0.2, -0.15) is 0 Å². The topological polar surface area (TPSA) is 64.3 Å². The van der Waals surface area contributed by atoms with E-state index < -0.39 is 0 Å². The number of nitrogens with one attached hydrogen (secondary N) is 1. The van der Waals surface area contributed by atoms with Crippen molar-refractivity contribution in [3.05, 3.63) is 29.8 Å². The maximum absolute atomic E-state index is 12.0. The Morgan fingerprint density at radius 3 is 2.70 bits per heavy atom. The molecule has 0 saturated heterocycles. The van der Waals surface area contributed by atoms with Crippen molar-refractivity contribution >= 4 is 18.3 Å². The van der Waals surface area contributed by atoms with Gasteiger partial charge in [-0.05, 0) is 43.9 Å². The van der Waals surface area contributed by atoms with Gasteiger partial charge in [-0.25, -0.2) is 0 Å². The molecule has 0 radical (unpaired) electrons. The Morgan fingerprint density at radius 1 is 1.39 bits per heavy atom. The quantitative estimate of drug-likeness (QED) is 0.801. The minimum atomic E-state index is 0. The van der Waals surface area contributed by atoms with Crippen LogP contribution in [0.25, 0.3) is 0 Å². The number of ether oxygens (including phenoxy) is 1. The van der Waals surface area contributed by atoms with E-state index in [0.29, 0.717) is 13.0 Å². The second kappa shape index (κ2) is 9.14. The van der Waals surface area contributed by atoms with Gasteiger partial charge in [0.05, 0.1) is 7.11 Å². The number of benzene rings is 1. The van der Waals surface area contributed by atoms with Crippen LogP contribution >= 0.6 is 12.4 Å². The largest absolute Gasteiger partial charge is 0.497 e. The minimum Gasteiger partial charge on any atom is -0.497 e. The second-order valence-electron chi connectivity index (χ2n) is 6.51. The van der Waals surface area contributed by atoms with Crippen molar-refractivity contribution in [3.8, 4) is 5.75 Å². The van der Waals surface area contributed by atoms with Gasteiger partial charge in [0, 0.05) is 24.4 Å². The summed E-state index contributed by atoms with van der Waals surface area (Å²) in [4.78, 5) is 12.0. The molecule has 1 aromatic rings. The highest BCUT2D eigenvalue weighted by Gasteiger charge is 2.36. The summed E-state index contributed by atoms with van der Waals surface area (Å²) in [6.07, 6.45) is 5.91. The minimum absolute atomic E-state index is 0. The number of rotatable bonds is 7. The molecule has 23 heavy (non-hydrogen) atoms. The zero-order valence-corrected chi connectivity index (χ0v) is 15.0. The molecule has 1 saturated carbocycles. The molecule has 4 nitrogen and oxygen atoms in total. The van der Waals surface area contributed by atoms with Gasteiger partial charge in [0.2, 0.25) is 5.91 Å². The zero-order chi connectivity index (χ0) is 16.0. The summed E-state index contributed by atoms with van der Waals surface area (Å²) >= 11 is 0. The van der Waals surface area contributed by atoms with Crippen molar-refractivity contribution < 1.29 is 9.53 Å². The van der Waals surface area contributed by atoms with Crippen molar-refractivity contribution in [2.45, 2.75) is 56.9 Å². The Labute approximate surface area is 145 Å². The Morgan fingerprint density at radius 2 is 2.09 bits per heavy atom. The lowest BCUT2D eigenvalue weighted by molar-refractivity contribution is -0.121. The lowest BCUT2D eigenvalue weighted by Gasteiger charge is -2.30. The Hall–Kier alpha value is -1.26. The van der Waals surface area contributed by atoms with Crippen LogP contribution in [0.2, 0.25) is 0 Å². The molecule has 1 unspecified atom stereocenters. The van der Waals surface area contributed by atoms with Gasteiger partial charge in [-0.1, -0.05) is 25.0 Å². The molecule has 0 bridgehead atoms. The average molecular weight is 341 g/mol. The van der Waals surface area contributed by atoms with Crippen LogP contribution < -0.4 is 15.8 Å². The first kappa shape index (κ1) is 19.8. The van der Waals surface area contributed by atoms with Gasteiger partial charge in [-0.15, -0.1) is 12.4 Å². The molecule has 1 aliphatic carbocycles. The summed E-state index contributed by atoms with van der Waals surface area (Å²) < 4.78 is 5.35. The standard InChI is InChI=1S/C18H28N2O2.ClH/c1-14(19)8-9-17(21)20-13-18(10-3-4-11-18)15-6-5-7-16(12-15)22-2;/h5-7,12,14H,3-4,8-11,13,19H2,1-2H3,(H,20,21);1H. The van der Waals surface area contributed by atoms with Crippen molar-refractivity contribution in [1.29, 1.82) is 0 Å². The first-order valence-electron chi connectivity index (χ1n) is 8.22. The van der Waals surface area contributed by atoms with Crippen molar-refractivity contribution in [1.82, 2.24) is 5.32 Å². The third-order valence-electron chi connectivity index (χ3n) is 4.69. The first-order chi connectivity index (χ1) is 10.6. The van der Waals surface area contributed by atoms with Crippen molar-refractivity contribution in [3.63, 3.8) is 0 Å². The lowest BCUT2D eigenvalue weighted by atomic mass is 9.78. The smallest absolute Gasteiger partial charge is 0.220 e. The molecule has 130 valence electrons.